The maximum Gasteiger partial charge on any atom is 0.163 e. The molecule has 0 spiro atoms. The summed E-state index contributed by atoms with van der Waals surface area (Å²) < 4.78 is 0. The second-order valence-electron chi connectivity index (χ2n) is 3.93. The highest BCUT2D eigenvalue weighted by Gasteiger charge is 2.09. The van der Waals surface area contributed by atoms with Crippen molar-refractivity contribution in [2.24, 2.45) is 0 Å². The number of hydrogen-bond donors (Lipinski definition) is 1. The molecule has 2 aromatic heterocycles. The van der Waals surface area contributed by atoms with Gasteiger partial charge in [-0.1, -0.05) is 30.3 Å². The molecule has 0 aliphatic carbocycles. The lowest BCUT2D eigenvalue weighted by molar-refractivity contribution is 1.15. The van der Waals surface area contributed by atoms with Crippen molar-refractivity contribution in [2.75, 3.05) is 11.9 Å². The predicted octanol–water partition coefficient (Wildman–Crippen LogP) is 3.79. The molecule has 0 unspecified atom stereocenters. The van der Waals surface area contributed by atoms with Crippen molar-refractivity contribution in [3.63, 3.8) is 0 Å². The number of nitrogens with one attached hydrogen (secondary N) is 1. The Morgan fingerprint density at radius 1 is 1.11 bits per heavy atom. The number of aromatic nitrogens is 2. The Labute approximate surface area is 110 Å². The van der Waals surface area contributed by atoms with E-state index in [0.29, 0.717) is 0 Å². The number of hydrogen-bond acceptors (Lipinski definition) is 4. The third-order valence-corrected chi connectivity index (χ3v) is 3.51. The molecule has 3 rings (SSSR count). The lowest BCUT2D eigenvalue weighted by Gasteiger charge is -2.06. The van der Waals surface area contributed by atoms with Gasteiger partial charge in [0.25, 0.3) is 0 Å². The Hall–Kier alpha value is -1.94. The molecule has 0 fully saturated rings. The second kappa shape index (κ2) is 4.74. The molecule has 0 atom stereocenters. The summed E-state index contributed by atoms with van der Waals surface area (Å²) in [5.41, 5.74) is 1.05. The Kier molecular flexibility index (Phi) is 2.94. The molecule has 1 N–H and O–H groups in total. The fraction of sp³-hybridized carbons (Fsp3) is 0.143. The summed E-state index contributed by atoms with van der Waals surface area (Å²) >= 11 is 1.65. The summed E-state index contributed by atoms with van der Waals surface area (Å²) in [6.07, 6.45) is 0. The third-order valence-electron chi connectivity index (χ3n) is 2.70. The van der Waals surface area contributed by atoms with Crippen LogP contribution in [-0.4, -0.2) is 16.5 Å². The highest BCUT2D eigenvalue weighted by Crippen LogP contribution is 2.28. The van der Waals surface area contributed by atoms with Gasteiger partial charge in [0, 0.05) is 12.1 Å². The summed E-state index contributed by atoms with van der Waals surface area (Å²) in [6.45, 7) is 2.93. The van der Waals surface area contributed by atoms with Gasteiger partial charge in [-0.05, 0) is 18.4 Å². The maximum absolute atomic E-state index is 4.62. The normalized spacial score (nSPS) is 10.7. The minimum absolute atomic E-state index is 0.779. The zero-order chi connectivity index (χ0) is 12.4. The van der Waals surface area contributed by atoms with Gasteiger partial charge in [0.15, 0.2) is 5.82 Å². The van der Waals surface area contributed by atoms with Crippen LogP contribution in [-0.2, 0) is 0 Å². The van der Waals surface area contributed by atoms with E-state index in [-0.39, 0.29) is 0 Å². The second-order valence-corrected chi connectivity index (χ2v) is 4.83. The molecule has 2 heterocycles. The van der Waals surface area contributed by atoms with Crippen molar-refractivity contribution in [3.8, 4) is 11.4 Å². The van der Waals surface area contributed by atoms with Crippen LogP contribution in [0, 0.1) is 0 Å². The van der Waals surface area contributed by atoms with Crippen LogP contribution in [0.25, 0.3) is 21.6 Å². The number of nitrogens with zero attached hydrogens (tertiary/aromatic N) is 2. The molecular formula is C14H13N3S. The van der Waals surface area contributed by atoms with E-state index in [2.05, 4.69) is 33.7 Å². The van der Waals surface area contributed by atoms with Gasteiger partial charge in [0.2, 0.25) is 0 Å². The maximum atomic E-state index is 4.62. The lowest BCUT2D eigenvalue weighted by atomic mass is 10.2. The molecule has 0 aliphatic heterocycles. The van der Waals surface area contributed by atoms with Crippen LogP contribution in [0.5, 0.6) is 0 Å². The first kappa shape index (κ1) is 11.2. The number of fused-ring (bicyclic) bond motifs is 1. The van der Waals surface area contributed by atoms with Crippen molar-refractivity contribution in [3.05, 3.63) is 41.8 Å². The molecule has 0 saturated heterocycles. The number of rotatable bonds is 3. The van der Waals surface area contributed by atoms with Crippen molar-refractivity contribution in [2.45, 2.75) is 6.92 Å². The van der Waals surface area contributed by atoms with Gasteiger partial charge >= 0.3 is 0 Å². The Balaban J connectivity index is 2.19. The first-order chi connectivity index (χ1) is 8.88. The zero-order valence-electron chi connectivity index (χ0n) is 10.1. The van der Waals surface area contributed by atoms with Gasteiger partial charge in [-0.2, -0.15) is 0 Å². The smallest absolute Gasteiger partial charge is 0.163 e. The summed E-state index contributed by atoms with van der Waals surface area (Å²) in [5.74, 6) is 1.70. The SMILES string of the molecule is CCNc1nc(-c2ccccc2)nc2sccc12. The van der Waals surface area contributed by atoms with Crippen LogP contribution in [0.2, 0.25) is 0 Å². The summed E-state index contributed by atoms with van der Waals surface area (Å²) in [5, 5.41) is 6.45. The van der Waals surface area contributed by atoms with Gasteiger partial charge in [-0.3, -0.25) is 0 Å². The molecule has 0 amide bonds. The van der Waals surface area contributed by atoms with Crippen molar-refractivity contribution < 1.29 is 0 Å². The molecule has 0 saturated carbocycles. The minimum atomic E-state index is 0.779. The van der Waals surface area contributed by atoms with E-state index in [1.807, 2.05) is 30.3 Å². The Morgan fingerprint density at radius 3 is 2.72 bits per heavy atom. The molecule has 1 aromatic carbocycles. The van der Waals surface area contributed by atoms with E-state index in [1.54, 1.807) is 11.3 Å². The standard InChI is InChI=1S/C14H13N3S/c1-2-15-13-11-8-9-18-14(11)17-12(16-13)10-6-4-3-5-7-10/h3-9H,2H2,1H3,(H,15,16,17). The number of benzene rings is 1. The summed E-state index contributed by atoms with van der Waals surface area (Å²) in [4.78, 5) is 10.3. The molecule has 4 heteroatoms. The van der Waals surface area contributed by atoms with Gasteiger partial charge in [0.1, 0.15) is 10.6 Å². The van der Waals surface area contributed by atoms with Crippen LogP contribution >= 0.6 is 11.3 Å². The van der Waals surface area contributed by atoms with Gasteiger partial charge in [-0.15, -0.1) is 11.3 Å². The van der Waals surface area contributed by atoms with Crippen LogP contribution in [0.15, 0.2) is 41.8 Å². The van der Waals surface area contributed by atoms with Crippen molar-refractivity contribution in [1.29, 1.82) is 0 Å². The van der Waals surface area contributed by atoms with Crippen molar-refractivity contribution >= 4 is 27.4 Å². The topological polar surface area (TPSA) is 37.8 Å². The van der Waals surface area contributed by atoms with E-state index in [1.165, 1.54) is 0 Å². The van der Waals surface area contributed by atoms with Gasteiger partial charge in [-0.25, -0.2) is 9.97 Å². The molecule has 0 radical (unpaired) electrons. The largest absolute Gasteiger partial charge is 0.370 e. The van der Waals surface area contributed by atoms with Crippen molar-refractivity contribution in [1.82, 2.24) is 9.97 Å². The first-order valence-corrected chi connectivity index (χ1v) is 6.81. The number of thiophene rings is 1. The third kappa shape index (κ3) is 1.95. The van der Waals surface area contributed by atoms with E-state index in [9.17, 15) is 0 Å². The molecule has 18 heavy (non-hydrogen) atoms. The molecule has 0 bridgehead atoms. The van der Waals surface area contributed by atoms with Gasteiger partial charge in [0.05, 0.1) is 5.39 Å². The molecule has 3 aromatic rings. The molecule has 0 aliphatic rings. The van der Waals surface area contributed by atoms with Crippen LogP contribution in [0.4, 0.5) is 5.82 Å². The molecule has 3 nitrogen and oxygen atoms in total. The fourth-order valence-electron chi connectivity index (χ4n) is 1.87. The van der Waals surface area contributed by atoms with E-state index >= 15 is 0 Å². The van der Waals surface area contributed by atoms with Gasteiger partial charge < -0.3 is 5.32 Å². The quantitative estimate of drug-likeness (QED) is 0.773. The van der Waals surface area contributed by atoms with Crippen LogP contribution in [0.1, 0.15) is 6.92 Å². The zero-order valence-corrected chi connectivity index (χ0v) is 10.9. The van der Waals surface area contributed by atoms with E-state index < -0.39 is 0 Å². The highest BCUT2D eigenvalue weighted by molar-refractivity contribution is 7.16. The molecular weight excluding hydrogens is 242 g/mol. The minimum Gasteiger partial charge on any atom is -0.370 e. The van der Waals surface area contributed by atoms with Crippen LogP contribution in [0.3, 0.4) is 0 Å². The highest BCUT2D eigenvalue weighted by atomic mass is 32.1. The fourth-order valence-corrected chi connectivity index (χ4v) is 2.64. The van der Waals surface area contributed by atoms with E-state index in [0.717, 1.165) is 34.0 Å². The van der Waals surface area contributed by atoms with Crippen LogP contribution < -0.4 is 5.32 Å². The predicted molar refractivity (Wildman–Crippen MR) is 77.0 cm³/mol. The summed E-state index contributed by atoms with van der Waals surface area (Å²) in [6, 6.07) is 12.1. The Morgan fingerprint density at radius 2 is 1.94 bits per heavy atom. The molecule has 90 valence electrons. The first-order valence-electron chi connectivity index (χ1n) is 5.93. The summed E-state index contributed by atoms with van der Waals surface area (Å²) in [7, 11) is 0. The average Bonchev–Trinajstić information content (AvgIpc) is 2.88. The Bertz CT molecular complexity index is 661. The number of anilines is 1. The average molecular weight is 255 g/mol. The lowest BCUT2D eigenvalue weighted by Crippen LogP contribution is -2.01. The van der Waals surface area contributed by atoms with E-state index in [4.69, 9.17) is 0 Å². The monoisotopic (exact) mass is 255 g/mol.